The molecule has 2 aromatic rings. The first-order valence-electron chi connectivity index (χ1n) is 8.68. The number of nitrogens with one attached hydrogen (secondary N) is 1. The van der Waals surface area contributed by atoms with E-state index < -0.39 is 0 Å². The highest BCUT2D eigenvalue weighted by Gasteiger charge is 2.16. The summed E-state index contributed by atoms with van der Waals surface area (Å²) in [5, 5.41) is 2.91. The van der Waals surface area contributed by atoms with Crippen LogP contribution in [0.15, 0.2) is 48.5 Å². The van der Waals surface area contributed by atoms with E-state index in [-0.39, 0.29) is 18.4 Å². The minimum absolute atomic E-state index is 0.00555. The van der Waals surface area contributed by atoms with Gasteiger partial charge in [0.2, 0.25) is 11.8 Å². The molecule has 132 valence electrons. The number of anilines is 2. The van der Waals surface area contributed by atoms with E-state index in [9.17, 15) is 9.59 Å². The molecule has 0 saturated carbocycles. The fourth-order valence-electron chi connectivity index (χ4n) is 2.71. The average molecular weight is 338 g/mol. The minimum atomic E-state index is -0.205. The molecule has 0 bridgehead atoms. The Labute approximate surface area is 149 Å². The second-order valence-corrected chi connectivity index (χ2v) is 6.41. The molecule has 0 radical (unpaired) electrons. The summed E-state index contributed by atoms with van der Waals surface area (Å²) in [7, 11) is 0. The van der Waals surface area contributed by atoms with E-state index in [1.54, 1.807) is 0 Å². The van der Waals surface area contributed by atoms with Gasteiger partial charge >= 0.3 is 0 Å². The van der Waals surface area contributed by atoms with Crippen LogP contribution in [0.5, 0.6) is 0 Å². The van der Waals surface area contributed by atoms with Crippen LogP contribution in [0.4, 0.5) is 11.4 Å². The Morgan fingerprint density at radius 2 is 1.68 bits per heavy atom. The van der Waals surface area contributed by atoms with Gasteiger partial charge < -0.3 is 10.2 Å². The van der Waals surface area contributed by atoms with Gasteiger partial charge in [-0.15, -0.1) is 0 Å². The molecular weight excluding hydrogens is 312 g/mol. The third-order valence-electron chi connectivity index (χ3n) is 4.23. The maximum atomic E-state index is 12.4. The predicted molar refractivity (Wildman–Crippen MR) is 103 cm³/mol. The smallest absolute Gasteiger partial charge is 0.244 e. The van der Waals surface area contributed by atoms with Crippen LogP contribution in [0, 0.1) is 0 Å². The molecule has 0 aliphatic heterocycles. The summed E-state index contributed by atoms with van der Waals surface area (Å²) in [5.41, 5.74) is 3.81. The zero-order valence-electron chi connectivity index (χ0n) is 15.4. The molecule has 0 aliphatic rings. The SMILES string of the molecule is CCc1ccccc1NC(=O)CN(C(C)=O)c1ccc(C(C)C)cc1. The molecule has 2 amide bonds. The summed E-state index contributed by atoms with van der Waals surface area (Å²) >= 11 is 0. The lowest BCUT2D eigenvalue weighted by Crippen LogP contribution is -2.36. The van der Waals surface area contributed by atoms with Gasteiger partial charge in [0.25, 0.3) is 0 Å². The van der Waals surface area contributed by atoms with Crippen molar-refractivity contribution in [1.29, 1.82) is 0 Å². The van der Waals surface area contributed by atoms with Gasteiger partial charge in [-0.3, -0.25) is 9.59 Å². The monoisotopic (exact) mass is 338 g/mol. The Morgan fingerprint density at radius 1 is 1.04 bits per heavy atom. The van der Waals surface area contributed by atoms with Crippen molar-refractivity contribution in [2.45, 2.75) is 40.0 Å². The fraction of sp³-hybridized carbons (Fsp3) is 0.333. The summed E-state index contributed by atoms with van der Waals surface area (Å²) in [5.74, 6) is 0.0638. The Hall–Kier alpha value is -2.62. The molecule has 0 saturated heterocycles. The number of benzene rings is 2. The van der Waals surface area contributed by atoms with Gasteiger partial charge in [-0.2, -0.15) is 0 Å². The molecule has 0 aliphatic carbocycles. The van der Waals surface area contributed by atoms with Crippen LogP contribution in [0.2, 0.25) is 0 Å². The first kappa shape index (κ1) is 18.7. The Kier molecular flexibility index (Phi) is 6.34. The predicted octanol–water partition coefficient (Wildman–Crippen LogP) is 4.36. The van der Waals surface area contributed by atoms with E-state index in [2.05, 4.69) is 19.2 Å². The maximum Gasteiger partial charge on any atom is 0.244 e. The fourth-order valence-corrected chi connectivity index (χ4v) is 2.71. The van der Waals surface area contributed by atoms with Gasteiger partial charge in [-0.05, 0) is 41.7 Å². The molecular formula is C21H26N2O2. The maximum absolute atomic E-state index is 12.4. The molecule has 0 unspecified atom stereocenters. The lowest BCUT2D eigenvalue weighted by Gasteiger charge is -2.21. The average Bonchev–Trinajstić information content (AvgIpc) is 2.60. The quantitative estimate of drug-likeness (QED) is 0.850. The van der Waals surface area contributed by atoms with Crippen LogP contribution < -0.4 is 10.2 Å². The number of amides is 2. The summed E-state index contributed by atoms with van der Waals surface area (Å²) in [6.45, 7) is 7.76. The van der Waals surface area contributed by atoms with Crippen molar-refractivity contribution < 1.29 is 9.59 Å². The van der Waals surface area contributed by atoms with Crippen molar-refractivity contribution in [2.24, 2.45) is 0 Å². The third kappa shape index (κ3) is 4.92. The summed E-state index contributed by atoms with van der Waals surface area (Å²) in [6, 6.07) is 15.5. The highest BCUT2D eigenvalue weighted by molar-refractivity contribution is 6.02. The van der Waals surface area contributed by atoms with Crippen molar-refractivity contribution in [3.05, 3.63) is 59.7 Å². The first-order valence-corrected chi connectivity index (χ1v) is 8.68. The number of rotatable bonds is 6. The first-order chi connectivity index (χ1) is 11.9. The van der Waals surface area contributed by atoms with Gasteiger partial charge in [0.05, 0.1) is 0 Å². The van der Waals surface area contributed by atoms with Crippen molar-refractivity contribution in [1.82, 2.24) is 0 Å². The summed E-state index contributed by atoms with van der Waals surface area (Å²) < 4.78 is 0. The molecule has 25 heavy (non-hydrogen) atoms. The number of nitrogens with zero attached hydrogens (tertiary/aromatic N) is 1. The number of carbonyl (C=O) groups excluding carboxylic acids is 2. The molecule has 2 aromatic carbocycles. The van der Waals surface area contributed by atoms with Crippen LogP contribution in [0.25, 0.3) is 0 Å². The number of carbonyl (C=O) groups is 2. The van der Waals surface area contributed by atoms with E-state index in [4.69, 9.17) is 0 Å². The second kappa shape index (κ2) is 8.47. The zero-order valence-corrected chi connectivity index (χ0v) is 15.4. The van der Waals surface area contributed by atoms with Crippen molar-refractivity contribution in [2.75, 3.05) is 16.8 Å². The number of para-hydroxylation sites is 1. The van der Waals surface area contributed by atoms with E-state index in [0.29, 0.717) is 5.92 Å². The number of hydrogen-bond acceptors (Lipinski definition) is 2. The molecule has 4 nitrogen and oxygen atoms in total. The van der Waals surface area contributed by atoms with Crippen LogP contribution in [-0.4, -0.2) is 18.4 Å². The van der Waals surface area contributed by atoms with E-state index >= 15 is 0 Å². The van der Waals surface area contributed by atoms with E-state index in [0.717, 1.165) is 23.4 Å². The zero-order chi connectivity index (χ0) is 18.4. The molecule has 0 heterocycles. The van der Waals surface area contributed by atoms with Gasteiger partial charge in [-0.1, -0.05) is 51.1 Å². The van der Waals surface area contributed by atoms with E-state index in [1.165, 1.54) is 17.4 Å². The summed E-state index contributed by atoms with van der Waals surface area (Å²) in [4.78, 5) is 26.0. The third-order valence-corrected chi connectivity index (χ3v) is 4.23. The van der Waals surface area contributed by atoms with Gasteiger partial charge in [0.15, 0.2) is 0 Å². The lowest BCUT2D eigenvalue weighted by atomic mass is 10.0. The molecule has 0 fully saturated rings. The molecule has 1 N–H and O–H groups in total. The second-order valence-electron chi connectivity index (χ2n) is 6.41. The molecule has 2 rings (SSSR count). The van der Waals surface area contributed by atoms with Crippen LogP contribution in [0.1, 0.15) is 44.7 Å². The number of hydrogen-bond donors (Lipinski definition) is 1. The van der Waals surface area contributed by atoms with Gasteiger partial charge in [0.1, 0.15) is 6.54 Å². The summed E-state index contributed by atoms with van der Waals surface area (Å²) in [6.07, 6.45) is 0.837. The van der Waals surface area contributed by atoms with Gasteiger partial charge in [-0.25, -0.2) is 0 Å². The lowest BCUT2D eigenvalue weighted by molar-refractivity contribution is -0.120. The minimum Gasteiger partial charge on any atom is -0.324 e. The van der Waals surface area contributed by atoms with Crippen molar-refractivity contribution in [3.8, 4) is 0 Å². The van der Waals surface area contributed by atoms with Crippen molar-refractivity contribution >= 4 is 23.2 Å². The Bertz CT molecular complexity index is 736. The standard InChI is InChI=1S/C21H26N2O2/c1-5-17-8-6-7-9-20(17)22-21(25)14-23(16(4)24)19-12-10-18(11-13-19)15(2)3/h6-13,15H,5,14H2,1-4H3,(H,22,25). The van der Waals surface area contributed by atoms with Crippen LogP contribution in [0.3, 0.4) is 0 Å². The Morgan fingerprint density at radius 3 is 2.24 bits per heavy atom. The van der Waals surface area contributed by atoms with Crippen molar-refractivity contribution in [3.63, 3.8) is 0 Å². The molecule has 0 aromatic heterocycles. The van der Waals surface area contributed by atoms with E-state index in [1.807, 2.05) is 55.5 Å². The normalized spacial score (nSPS) is 10.6. The topological polar surface area (TPSA) is 49.4 Å². The number of aryl methyl sites for hydroxylation is 1. The molecule has 0 spiro atoms. The highest BCUT2D eigenvalue weighted by atomic mass is 16.2. The Balaban J connectivity index is 2.13. The molecule has 4 heteroatoms. The largest absolute Gasteiger partial charge is 0.324 e. The van der Waals surface area contributed by atoms with Gasteiger partial charge in [0, 0.05) is 18.3 Å². The highest BCUT2D eigenvalue weighted by Crippen LogP contribution is 2.21. The molecule has 0 atom stereocenters. The van der Waals surface area contributed by atoms with Crippen LogP contribution >= 0.6 is 0 Å². The van der Waals surface area contributed by atoms with Crippen LogP contribution in [-0.2, 0) is 16.0 Å².